The summed E-state index contributed by atoms with van der Waals surface area (Å²) in [5.74, 6) is 0.129. The highest BCUT2D eigenvalue weighted by Gasteiger charge is 2.17. The van der Waals surface area contributed by atoms with Gasteiger partial charge in [0.2, 0.25) is 0 Å². The van der Waals surface area contributed by atoms with Gasteiger partial charge in [-0.1, -0.05) is 37.0 Å². The number of hydrogen-bond donors (Lipinski definition) is 0. The molecule has 0 aliphatic rings. The summed E-state index contributed by atoms with van der Waals surface area (Å²) < 4.78 is 28.2. The molecule has 0 aliphatic carbocycles. The highest BCUT2D eigenvalue weighted by atomic mass is 35.5. The quantitative estimate of drug-likeness (QED) is 0.796. The fourth-order valence-corrected chi connectivity index (χ4v) is 2.75. The van der Waals surface area contributed by atoms with Crippen molar-refractivity contribution in [2.45, 2.75) is 18.7 Å². The van der Waals surface area contributed by atoms with Crippen molar-refractivity contribution in [3.05, 3.63) is 28.2 Å². The maximum atomic E-state index is 11.7. The van der Waals surface area contributed by atoms with Crippen LogP contribution in [0.2, 0.25) is 10.0 Å². The third-order valence-corrected chi connectivity index (χ3v) is 3.38. The summed E-state index contributed by atoms with van der Waals surface area (Å²) in [5, 5.41) is 0.526. The molecule has 6 heteroatoms. The molecule has 1 aromatic carbocycles. The summed E-state index contributed by atoms with van der Waals surface area (Å²) in [4.78, 5) is -0.0225. The van der Waals surface area contributed by atoms with Gasteiger partial charge < -0.3 is 0 Å². The van der Waals surface area contributed by atoms with Gasteiger partial charge >= 0.3 is 0 Å². The van der Waals surface area contributed by atoms with E-state index >= 15 is 0 Å². The molecule has 16 heavy (non-hydrogen) atoms. The van der Waals surface area contributed by atoms with Crippen molar-refractivity contribution >= 4 is 33.3 Å². The van der Waals surface area contributed by atoms with Gasteiger partial charge in [-0.15, -0.1) is 0 Å². The van der Waals surface area contributed by atoms with Crippen LogP contribution in [0.25, 0.3) is 0 Å². The molecule has 0 saturated heterocycles. The maximum Gasteiger partial charge on any atom is 0.297 e. The Kier molecular flexibility index (Phi) is 4.62. The SMILES string of the molecule is CC(C)COS(=O)(=O)c1cc(Cl)cc(Cl)c1. The Morgan fingerprint density at radius 1 is 1.19 bits per heavy atom. The summed E-state index contributed by atoms with van der Waals surface area (Å²) in [7, 11) is -3.77. The number of hydrogen-bond acceptors (Lipinski definition) is 3. The summed E-state index contributed by atoms with van der Waals surface area (Å²) in [5.41, 5.74) is 0. The zero-order chi connectivity index (χ0) is 12.3. The zero-order valence-corrected chi connectivity index (χ0v) is 11.2. The molecule has 90 valence electrons. The molecule has 0 amide bonds. The Morgan fingerprint density at radius 2 is 1.69 bits per heavy atom. The summed E-state index contributed by atoms with van der Waals surface area (Å²) in [6, 6.07) is 4.08. The normalized spacial score (nSPS) is 12.1. The Balaban J connectivity index is 2.98. The van der Waals surface area contributed by atoms with Crippen molar-refractivity contribution in [3.8, 4) is 0 Å². The topological polar surface area (TPSA) is 43.4 Å². The van der Waals surface area contributed by atoms with Gasteiger partial charge in [0.25, 0.3) is 10.1 Å². The van der Waals surface area contributed by atoms with E-state index in [0.29, 0.717) is 0 Å². The lowest BCUT2D eigenvalue weighted by Crippen LogP contribution is -2.11. The van der Waals surface area contributed by atoms with Crippen LogP contribution in [-0.4, -0.2) is 15.0 Å². The molecule has 1 rings (SSSR count). The van der Waals surface area contributed by atoms with E-state index in [2.05, 4.69) is 0 Å². The Labute approximate surface area is 105 Å². The second-order valence-corrected chi connectivity index (χ2v) is 6.23. The first kappa shape index (κ1) is 13.8. The Morgan fingerprint density at radius 3 is 2.12 bits per heavy atom. The van der Waals surface area contributed by atoms with E-state index < -0.39 is 10.1 Å². The highest BCUT2D eigenvalue weighted by Crippen LogP contribution is 2.23. The molecule has 0 bridgehead atoms. The van der Waals surface area contributed by atoms with Crippen LogP contribution in [0.5, 0.6) is 0 Å². The van der Waals surface area contributed by atoms with E-state index in [0.717, 1.165) is 0 Å². The molecule has 3 nitrogen and oxygen atoms in total. The van der Waals surface area contributed by atoms with Crippen LogP contribution in [-0.2, 0) is 14.3 Å². The van der Waals surface area contributed by atoms with E-state index in [1.54, 1.807) is 0 Å². The fourth-order valence-electron chi connectivity index (χ4n) is 0.967. The van der Waals surface area contributed by atoms with E-state index in [4.69, 9.17) is 27.4 Å². The van der Waals surface area contributed by atoms with Crippen LogP contribution < -0.4 is 0 Å². The Bertz CT molecular complexity index is 449. The van der Waals surface area contributed by atoms with Crippen LogP contribution >= 0.6 is 23.2 Å². The highest BCUT2D eigenvalue weighted by molar-refractivity contribution is 7.86. The summed E-state index contributed by atoms with van der Waals surface area (Å²) in [6.45, 7) is 3.85. The smallest absolute Gasteiger partial charge is 0.266 e. The molecule has 0 aromatic heterocycles. The van der Waals surface area contributed by atoms with Crippen molar-refractivity contribution in [2.75, 3.05) is 6.61 Å². The molecule has 0 aliphatic heterocycles. The average molecular weight is 283 g/mol. The van der Waals surface area contributed by atoms with E-state index in [1.807, 2.05) is 13.8 Å². The lowest BCUT2D eigenvalue weighted by Gasteiger charge is -2.08. The molecule has 0 heterocycles. The van der Waals surface area contributed by atoms with Gasteiger partial charge in [0, 0.05) is 10.0 Å². The van der Waals surface area contributed by atoms with E-state index in [9.17, 15) is 8.42 Å². The second-order valence-electron chi connectivity index (χ2n) is 3.74. The van der Waals surface area contributed by atoms with Crippen molar-refractivity contribution in [2.24, 2.45) is 5.92 Å². The molecule has 0 radical (unpaired) electrons. The van der Waals surface area contributed by atoms with Crippen molar-refractivity contribution in [3.63, 3.8) is 0 Å². The molecule has 0 spiro atoms. The van der Waals surface area contributed by atoms with Gasteiger partial charge in [-0.25, -0.2) is 0 Å². The van der Waals surface area contributed by atoms with Crippen LogP contribution in [0, 0.1) is 5.92 Å². The van der Waals surface area contributed by atoms with Crippen molar-refractivity contribution in [1.82, 2.24) is 0 Å². The minimum absolute atomic E-state index is 0.0225. The van der Waals surface area contributed by atoms with Crippen LogP contribution in [0.3, 0.4) is 0 Å². The first-order valence-corrected chi connectivity index (χ1v) is 6.83. The van der Waals surface area contributed by atoms with Crippen LogP contribution in [0.4, 0.5) is 0 Å². The van der Waals surface area contributed by atoms with E-state index in [1.165, 1.54) is 18.2 Å². The number of halogens is 2. The van der Waals surface area contributed by atoms with Gasteiger partial charge in [-0.3, -0.25) is 4.18 Å². The Hall–Kier alpha value is -0.290. The predicted molar refractivity (Wildman–Crippen MR) is 64.4 cm³/mol. The third kappa shape index (κ3) is 3.94. The van der Waals surface area contributed by atoms with Gasteiger partial charge in [0.05, 0.1) is 11.5 Å². The molecule has 0 unspecified atom stereocenters. The maximum absolute atomic E-state index is 11.7. The van der Waals surface area contributed by atoms with Crippen LogP contribution in [0.15, 0.2) is 23.1 Å². The minimum Gasteiger partial charge on any atom is -0.266 e. The monoisotopic (exact) mass is 282 g/mol. The number of rotatable bonds is 4. The predicted octanol–water partition coefficient (Wildman–Crippen LogP) is 3.35. The molecule has 0 N–H and O–H groups in total. The molecule has 1 aromatic rings. The lowest BCUT2D eigenvalue weighted by atomic mass is 10.2. The van der Waals surface area contributed by atoms with Crippen molar-refractivity contribution in [1.29, 1.82) is 0 Å². The van der Waals surface area contributed by atoms with Gasteiger partial charge in [-0.05, 0) is 24.1 Å². The fraction of sp³-hybridized carbons (Fsp3) is 0.400. The van der Waals surface area contributed by atoms with Crippen molar-refractivity contribution < 1.29 is 12.6 Å². The number of benzene rings is 1. The zero-order valence-electron chi connectivity index (χ0n) is 8.91. The summed E-state index contributed by atoms with van der Waals surface area (Å²) >= 11 is 11.4. The molecule has 0 saturated carbocycles. The van der Waals surface area contributed by atoms with E-state index in [-0.39, 0.29) is 27.5 Å². The standard InChI is InChI=1S/C10H12Cl2O3S/c1-7(2)6-15-16(13,14)10-4-8(11)3-9(12)5-10/h3-5,7H,6H2,1-2H3. The molecule has 0 fully saturated rings. The second kappa shape index (κ2) is 5.36. The largest absolute Gasteiger partial charge is 0.297 e. The first-order valence-electron chi connectivity index (χ1n) is 4.67. The van der Waals surface area contributed by atoms with Gasteiger partial charge in [0.1, 0.15) is 0 Å². The molecular formula is C10H12Cl2O3S. The summed E-state index contributed by atoms with van der Waals surface area (Å²) in [6.07, 6.45) is 0. The molecule has 0 atom stereocenters. The van der Waals surface area contributed by atoms with Gasteiger partial charge in [-0.2, -0.15) is 8.42 Å². The first-order chi connectivity index (χ1) is 7.31. The molecular weight excluding hydrogens is 271 g/mol. The average Bonchev–Trinajstić information content (AvgIpc) is 2.13. The lowest BCUT2D eigenvalue weighted by molar-refractivity contribution is 0.275. The third-order valence-electron chi connectivity index (χ3n) is 1.68. The van der Waals surface area contributed by atoms with Gasteiger partial charge in [0.15, 0.2) is 0 Å². The minimum atomic E-state index is -3.77. The van der Waals surface area contributed by atoms with Crippen LogP contribution in [0.1, 0.15) is 13.8 Å².